The van der Waals surface area contributed by atoms with Gasteiger partial charge in [-0.15, -0.1) is 0 Å². The molecule has 0 heterocycles. The molecule has 0 atom stereocenters. The summed E-state index contributed by atoms with van der Waals surface area (Å²) in [6, 6.07) is 23.8. The monoisotopic (exact) mass is 303 g/mol. The van der Waals surface area contributed by atoms with E-state index in [1.807, 2.05) is 60.7 Å². The molecule has 0 aliphatic carbocycles. The van der Waals surface area contributed by atoms with E-state index in [4.69, 9.17) is 10.00 Å². The summed E-state index contributed by atoms with van der Waals surface area (Å²) in [5.41, 5.74) is 2.69. The summed E-state index contributed by atoms with van der Waals surface area (Å²) < 4.78 is 19.4. The van der Waals surface area contributed by atoms with Crippen molar-refractivity contribution in [1.29, 1.82) is 5.26 Å². The Balaban J connectivity index is 1.90. The number of rotatable bonds is 4. The number of hydrogen-bond donors (Lipinski definition) is 0. The van der Waals surface area contributed by atoms with Gasteiger partial charge in [0.15, 0.2) is 0 Å². The third-order valence-corrected chi connectivity index (χ3v) is 3.52. The van der Waals surface area contributed by atoms with Crippen LogP contribution in [0.1, 0.15) is 11.1 Å². The maximum Gasteiger partial charge on any atom is 0.140 e. The van der Waals surface area contributed by atoms with Gasteiger partial charge in [0.1, 0.15) is 24.2 Å². The SMILES string of the molecule is N#Cc1cc(-c2ccccc2OCc2ccccc2)ccc1F. The molecule has 23 heavy (non-hydrogen) atoms. The Morgan fingerprint density at radius 3 is 2.43 bits per heavy atom. The van der Waals surface area contributed by atoms with Crippen molar-refractivity contribution in [2.45, 2.75) is 6.61 Å². The first-order valence-corrected chi connectivity index (χ1v) is 7.24. The fourth-order valence-electron chi connectivity index (χ4n) is 2.34. The molecular weight excluding hydrogens is 289 g/mol. The third kappa shape index (κ3) is 3.38. The standard InChI is InChI=1S/C20H14FNO/c21-19-11-10-16(12-17(19)13-22)18-8-4-5-9-20(18)23-14-15-6-2-1-3-7-15/h1-12H,14H2. The van der Waals surface area contributed by atoms with Gasteiger partial charge in [0, 0.05) is 5.56 Å². The third-order valence-electron chi connectivity index (χ3n) is 3.52. The molecule has 0 aromatic heterocycles. The molecule has 3 aromatic rings. The minimum atomic E-state index is -0.515. The zero-order valence-electron chi connectivity index (χ0n) is 12.4. The van der Waals surface area contributed by atoms with E-state index in [9.17, 15) is 4.39 Å². The van der Waals surface area contributed by atoms with E-state index in [2.05, 4.69) is 0 Å². The summed E-state index contributed by atoms with van der Waals surface area (Å²) in [4.78, 5) is 0. The molecule has 0 N–H and O–H groups in total. The van der Waals surface area contributed by atoms with Crippen LogP contribution in [0.15, 0.2) is 72.8 Å². The van der Waals surface area contributed by atoms with Crippen LogP contribution in [-0.4, -0.2) is 0 Å². The number of ether oxygens (including phenoxy) is 1. The summed E-state index contributed by atoms with van der Waals surface area (Å²) in [6.45, 7) is 0.449. The summed E-state index contributed by atoms with van der Waals surface area (Å²) in [5, 5.41) is 8.99. The Hall–Kier alpha value is -3.12. The lowest BCUT2D eigenvalue weighted by Crippen LogP contribution is -1.97. The largest absolute Gasteiger partial charge is 0.488 e. The molecule has 0 amide bonds. The summed E-state index contributed by atoms with van der Waals surface area (Å²) in [5.74, 6) is 0.186. The predicted octanol–water partition coefficient (Wildman–Crippen LogP) is 4.94. The van der Waals surface area contributed by atoms with Crippen LogP contribution >= 0.6 is 0 Å². The van der Waals surface area contributed by atoms with Crippen LogP contribution in [0.25, 0.3) is 11.1 Å². The lowest BCUT2D eigenvalue weighted by Gasteiger charge is -2.12. The molecule has 0 aliphatic heterocycles. The second-order valence-corrected chi connectivity index (χ2v) is 5.08. The second-order valence-electron chi connectivity index (χ2n) is 5.08. The van der Waals surface area contributed by atoms with Gasteiger partial charge >= 0.3 is 0 Å². The van der Waals surface area contributed by atoms with Gasteiger partial charge in [0.25, 0.3) is 0 Å². The average Bonchev–Trinajstić information content (AvgIpc) is 2.61. The van der Waals surface area contributed by atoms with Crippen molar-refractivity contribution in [2.24, 2.45) is 0 Å². The van der Waals surface area contributed by atoms with Crippen molar-refractivity contribution in [3.05, 3.63) is 89.7 Å². The van der Waals surface area contributed by atoms with Gasteiger partial charge in [-0.1, -0.05) is 54.6 Å². The van der Waals surface area contributed by atoms with Gasteiger partial charge in [-0.3, -0.25) is 0 Å². The number of benzene rings is 3. The maximum atomic E-state index is 13.5. The summed E-state index contributed by atoms with van der Waals surface area (Å²) >= 11 is 0. The highest BCUT2D eigenvalue weighted by molar-refractivity contribution is 5.71. The van der Waals surface area contributed by atoms with E-state index in [0.717, 1.165) is 16.7 Å². The molecule has 0 fully saturated rings. The van der Waals surface area contributed by atoms with Crippen molar-refractivity contribution in [1.82, 2.24) is 0 Å². The molecule has 3 aromatic carbocycles. The van der Waals surface area contributed by atoms with Crippen LogP contribution in [0.5, 0.6) is 5.75 Å². The Bertz CT molecular complexity index is 853. The zero-order chi connectivity index (χ0) is 16.1. The van der Waals surface area contributed by atoms with E-state index in [-0.39, 0.29) is 5.56 Å². The Kier molecular flexibility index (Phi) is 4.35. The fraction of sp³-hybridized carbons (Fsp3) is 0.0500. The first-order valence-electron chi connectivity index (χ1n) is 7.24. The second kappa shape index (κ2) is 6.76. The molecule has 0 saturated carbocycles. The van der Waals surface area contributed by atoms with Crippen molar-refractivity contribution in [2.75, 3.05) is 0 Å². The molecule has 112 valence electrons. The van der Waals surface area contributed by atoms with Crippen LogP contribution in [0.3, 0.4) is 0 Å². The number of halogens is 1. The number of nitriles is 1. The number of hydrogen-bond acceptors (Lipinski definition) is 2. The highest BCUT2D eigenvalue weighted by atomic mass is 19.1. The first kappa shape index (κ1) is 14.8. The Morgan fingerprint density at radius 1 is 0.913 bits per heavy atom. The van der Waals surface area contributed by atoms with Crippen LogP contribution in [0.2, 0.25) is 0 Å². The zero-order valence-corrected chi connectivity index (χ0v) is 12.4. The smallest absolute Gasteiger partial charge is 0.140 e. The fourth-order valence-corrected chi connectivity index (χ4v) is 2.34. The molecule has 3 heteroatoms. The summed E-state index contributed by atoms with van der Waals surface area (Å²) in [6.07, 6.45) is 0. The van der Waals surface area contributed by atoms with Crippen molar-refractivity contribution in [3.8, 4) is 22.9 Å². The van der Waals surface area contributed by atoms with Gasteiger partial charge < -0.3 is 4.74 Å². The quantitative estimate of drug-likeness (QED) is 0.683. The molecule has 0 unspecified atom stereocenters. The Morgan fingerprint density at radius 2 is 1.65 bits per heavy atom. The molecule has 3 rings (SSSR count). The minimum absolute atomic E-state index is 0.0281. The van der Waals surface area contributed by atoms with Gasteiger partial charge in [0.05, 0.1) is 5.56 Å². The molecule has 0 saturated heterocycles. The van der Waals surface area contributed by atoms with E-state index >= 15 is 0 Å². The van der Waals surface area contributed by atoms with Gasteiger partial charge in [-0.25, -0.2) is 4.39 Å². The lowest BCUT2D eigenvalue weighted by molar-refractivity contribution is 0.307. The van der Waals surface area contributed by atoms with Gasteiger partial charge in [-0.2, -0.15) is 5.26 Å². The van der Waals surface area contributed by atoms with E-state index in [1.54, 1.807) is 12.1 Å². The van der Waals surface area contributed by atoms with E-state index in [0.29, 0.717) is 12.4 Å². The highest BCUT2D eigenvalue weighted by Gasteiger charge is 2.09. The summed E-state index contributed by atoms with van der Waals surface area (Å²) in [7, 11) is 0. The normalized spacial score (nSPS) is 10.1. The molecule has 0 bridgehead atoms. The molecule has 0 spiro atoms. The van der Waals surface area contributed by atoms with Crippen molar-refractivity contribution >= 4 is 0 Å². The topological polar surface area (TPSA) is 33.0 Å². The van der Waals surface area contributed by atoms with E-state index in [1.165, 1.54) is 6.07 Å². The van der Waals surface area contributed by atoms with Crippen LogP contribution in [-0.2, 0) is 6.61 Å². The maximum absolute atomic E-state index is 13.5. The lowest BCUT2D eigenvalue weighted by atomic mass is 10.0. The number of para-hydroxylation sites is 1. The minimum Gasteiger partial charge on any atom is -0.488 e. The molecule has 0 radical (unpaired) electrons. The van der Waals surface area contributed by atoms with Crippen molar-refractivity contribution < 1.29 is 9.13 Å². The number of nitrogens with zero attached hydrogens (tertiary/aromatic N) is 1. The van der Waals surface area contributed by atoms with Crippen molar-refractivity contribution in [3.63, 3.8) is 0 Å². The average molecular weight is 303 g/mol. The van der Waals surface area contributed by atoms with Crippen LogP contribution in [0, 0.1) is 17.1 Å². The first-order chi connectivity index (χ1) is 11.3. The van der Waals surface area contributed by atoms with Crippen LogP contribution in [0.4, 0.5) is 4.39 Å². The van der Waals surface area contributed by atoms with Crippen LogP contribution < -0.4 is 4.74 Å². The van der Waals surface area contributed by atoms with Gasteiger partial charge in [0.2, 0.25) is 0 Å². The molecular formula is C20H14FNO. The molecule has 2 nitrogen and oxygen atoms in total. The predicted molar refractivity (Wildman–Crippen MR) is 87.3 cm³/mol. The molecule has 0 aliphatic rings. The van der Waals surface area contributed by atoms with E-state index < -0.39 is 5.82 Å². The highest BCUT2D eigenvalue weighted by Crippen LogP contribution is 2.31. The Labute approximate surface area is 134 Å². The van der Waals surface area contributed by atoms with Gasteiger partial charge in [-0.05, 0) is 29.3 Å².